The molecular weight excluding hydrogens is 258 g/mol. The SMILES string of the molecule is CC(C)NCc1cnc(N2CC=CCC2)c2ccccc12. The summed E-state index contributed by atoms with van der Waals surface area (Å²) >= 11 is 0. The molecule has 0 radical (unpaired) electrons. The Morgan fingerprint density at radius 3 is 2.71 bits per heavy atom. The minimum atomic E-state index is 0.482. The summed E-state index contributed by atoms with van der Waals surface area (Å²) in [5.74, 6) is 1.11. The number of nitrogens with zero attached hydrogens (tertiary/aromatic N) is 2. The van der Waals surface area contributed by atoms with Crippen molar-refractivity contribution in [1.82, 2.24) is 10.3 Å². The number of rotatable bonds is 4. The standard InChI is InChI=1S/C18H23N3/c1-14(2)19-12-15-13-20-18(21-10-6-3-7-11-21)17-9-5-4-8-16(15)17/h3-6,8-9,13-14,19H,7,10-12H2,1-2H3. The highest BCUT2D eigenvalue weighted by atomic mass is 15.2. The van der Waals surface area contributed by atoms with E-state index in [9.17, 15) is 0 Å². The summed E-state index contributed by atoms with van der Waals surface area (Å²) < 4.78 is 0. The summed E-state index contributed by atoms with van der Waals surface area (Å²) in [6, 6.07) is 9.09. The molecule has 1 aliphatic heterocycles. The molecule has 1 aromatic heterocycles. The maximum absolute atomic E-state index is 4.76. The summed E-state index contributed by atoms with van der Waals surface area (Å²) in [6.45, 7) is 7.22. The van der Waals surface area contributed by atoms with E-state index in [-0.39, 0.29) is 0 Å². The van der Waals surface area contributed by atoms with Gasteiger partial charge >= 0.3 is 0 Å². The van der Waals surface area contributed by atoms with E-state index in [0.29, 0.717) is 6.04 Å². The van der Waals surface area contributed by atoms with E-state index in [4.69, 9.17) is 4.98 Å². The van der Waals surface area contributed by atoms with E-state index in [2.05, 4.69) is 60.5 Å². The first kappa shape index (κ1) is 14.1. The van der Waals surface area contributed by atoms with Crippen molar-refractivity contribution in [2.24, 2.45) is 0 Å². The zero-order valence-electron chi connectivity index (χ0n) is 12.8. The largest absolute Gasteiger partial charge is 0.352 e. The first-order chi connectivity index (χ1) is 10.3. The molecule has 3 rings (SSSR count). The molecule has 1 N–H and O–H groups in total. The number of nitrogens with one attached hydrogen (secondary N) is 1. The second kappa shape index (κ2) is 6.27. The van der Waals surface area contributed by atoms with E-state index in [1.54, 1.807) is 0 Å². The highest BCUT2D eigenvalue weighted by molar-refractivity contribution is 5.94. The molecule has 0 bridgehead atoms. The topological polar surface area (TPSA) is 28.2 Å². The Bertz CT molecular complexity index is 646. The maximum Gasteiger partial charge on any atom is 0.136 e. The van der Waals surface area contributed by atoms with Crippen molar-refractivity contribution in [3.63, 3.8) is 0 Å². The zero-order chi connectivity index (χ0) is 14.7. The Morgan fingerprint density at radius 1 is 1.19 bits per heavy atom. The number of aromatic nitrogens is 1. The van der Waals surface area contributed by atoms with Crippen LogP contribution in [0.1, 0.15) is 25.8 Å². The van der Waals surface area contributed by atoms with Crippen LogP contribution >= 0.6 is 0 Å². The average molecular weight is 281 g/mol. The maximum atomic E-state index is 4.76. The summed E-state index contributed by atoms with van der Waals surface area (Å²) in [4.78, 5) is 7.12. The molecule has 2 heterocycles. The molecule has 1 aliphatic rings. The average Bonchev–Trinajstić information content (AvgIpc) is 2.53. The number of hydrogen-bond acceptors (Lipinski definition) is 3. The number of hydrogen-bond donors (Lipinski definition) is 1. The number of pyridine rings is 1. The van der Waals surface area contributed by atoms with Gasteiger partial charge in [0.25, 0.3) is 0 Å². The van der Waals surface area contributed by atoms with Crippen LogP contribution in [0, 0.1) is 0 Å². The predicted molar refractivity (Wildman–Crippen MR) is 89.7 cm³/mol. The Kier molecular flexibility index (Phi) is 4.20. The van der Waals surface area contributed by atoms with Gasteiger partial charge in [-0.2, -0.15) is 0 Å². The summed E-state index contributed by atoms with van der Waals surface area (Å²) in [7, 11) is 0. The number of anilines is 1. The van der Waals surface area contributed by atoms with Crippen LogP contribution in [0.4, 0.5) is 5.82 Å². The van der Waals surface area contributed by atoms with Crippen molar-refractivity contribution >= 4 is 16.6 Å². The van der Waals surface area contributed by atoms with Gasteiger partial charge in [0, 0.05) is 37.3 Å². The van der Waals surface area contributed by atoms with E-state index < -0.39 is 0 Å². The number of benzene rings is 1. The van der Waals surface area contributed by atoms with Gasteiger partial charge < -0.3 is 10.2 Å². The van der Waals surface area contributed by atoms with Crippen LogP contribution in [-0.2, 0) is 6.54 Å². The minimum absolute atomic E-state index is 0.482. The molecule has 110 valence electrons. The molecule has 0 unspecified atom stereocenters. The van der Waals surface area contributed by atoms with Gasteiger partial charge in [-0.25, -0.2) is 4.98 Å². The van der Waals surface area contributed by atoms with Gasteiger partial charge in [-0.15, -0.1) is 0 Å². The quantitative estimate of drug-likeness (QED) is 0.869. The van der Waals surface area contributed by atoms with Gasteiger partial charge in [-0.3, -0.25) is 0 Å². The molecule has 0 spiro atoms. The highest BCUT2D eigenvalue weighted by Gasteiger charge is 2.14. The Labute approximate surface area is 126 Å². The lowest BCUT2D eigenvalue weighted by Gasteiger charge is -2.26. The second-order valence-corrected chi connectivity index (χ2v) is 5.89. The first-order valence-corrected chi connectivity index (χ1v) is 7.75. The van der Waals surface area contributed by atoms with Crippen molar-refractivity contribution in [1.29, 1.82) is 0 Å². The van der Waals surface area contributed by atoms with Crippen molar-refractivity contribution in [3.05, 3.63) is 48.2 Å². The van der Waals surface area contributed by atoms with Crippen LogP contribution in [0.3, 0.4) is 0 Å². The van der Waals surface area contributed by atoms with Gasteiger partial charge in [0.05, 0.1) is 0 Å². The molecular formula is C18H23N3. The molecule has 1 aromatic carbocycles. The van der Waals surface area contributed by atoms with Crippen LogP contribution < -0.4 is 10.2 Å². The fourth-order valence-corrected chi connectivity index (χ4v) is 2.78. The predicted octanol–water partition coefficient (Wildman–Crippen LogP) is 3.50. The van der Waals surface area contributed by atoms with Gasteiger partial charge in [0.15, 0.2) is 0 Å². The van der Waals surface area contributed by atoms with Crippen molar-refractivity contribution in [2.75, 3.05) is 18.0 Å². The van der Waals surface area contributed by atoms with Gasteiger partial charge in [0.2, 0.25) is 0 Å². The molecule has 21 heavy (non-hydrogen) atoms. The van der Waals surface area contributed by atoms with E-state index in [1.165, 1.54) is 16.3 Å². The second-order valence-electron chi connectivity index (χ2n) is 5.89. The van der Waals surface area contributed by atoms with Crippen LogP contribution in [0.25, 0.3) is 10.8 Å². The van der Waals surface area contributed by atoms with Crippen molar-refractivity contribution in [3.8, 4) is 0 Å². The van der Waals surface area contributed by atoms with Crippen LogP contribution in [-0.4, -0.2) is 24.1 Å². The molecule has 0 fully saturated rings. The monoisotopic (exact) mass is 281 g/mol. The third kappa shape index (κ3) is 3.08. The van der Waals surface area contributed by atoms with Gasteiger partial charge in [-0.05, 0) is 17.4 Å². The van der Waals surface area contributed by atoms with Gasteiger partial charge in [-0.1, -0.05) is 50.3 Å². The Morgan fingerprint density at radius 2 is 2.00 bits per heavy atom. The van der Waals surface area contributed by atoms with E-state index in [0.717, 1.165) is 31.9 Å². The molecule has 3 heteroatoms. The van der Waals surface area contributed by atoms with Crippen LogP contribution in [0.2, 0.25) is 0 Å². The molecule has 0 aliphatic carbocycles. The lowest BCUT2D eigenvalue weighted by Crippen LogP contribution is -2.28. The summed E-state index contributed by atoms with van der Waals surface area (Å²) in [5, 5.41) is 6.06. The van der Waals surface area contributed by atoms with Crippen LogP contribution in [0.5, 0.6) is 0 Å². The molecule has 3 nitrogen and oxygen atoms in total. The fraction of sp³-hybridized carbons (Fsp3) is 0.389. The molecule has 0 amide bonds. The Balaban J connectivity index is 1.99. The number of fused-ring (bicyclic) bond motifs is 1. The highest BCUT2D eigenvalue weighted by Crippen LogP contribution is 2.28. The smallest absolute Gasteiger partial charge is 0.136 e. The fourth-order valence-electron chi connectivity index (χ4n) is 2.78. The summed E-state index contributed by atoms with van der Waals surface area (Å²) in [6.07, 6.45) is 7.62. The molecule has 2 aromatic rings. The van der Waals surface area contributed by atoms with E-state index >= 15 is 0 Å². The van der Waals surface area contributed by atoms with Crippen molar-refractivity contribution in [2.45, 2.75) is 32.9 Å². The lowest BCUT2D eigenvalue weighted by atomic mass is 10.1. The van der Waals surface area contributed by atoms with Gasteiger partial charge in [0.1, 0.15) is 5.82 Å². The van der Waals surface area contributed by atoms with Crippen LogP contribution in [0.15, 0.2) is 42.6 Å². The third-order valence-electron chi connectivity index (χ3n) is 3.92. The first-order valence-electron chi connectivity index (χ1n) is 7.75. The van der Waals surface area contributed by atoms with E-state index in [1.807, 2.05) is 6.20 Å². The summed E-state index contributed by atoms with van der Waals surface area (Å²) in [5.41, 5.74) is 1.27. The molecule has 0 saturated heterocycles. The van der Waals surface area contributed by atoms with Crippen molar-refractivity contribution < 1.29 is 0 Å². The molecule has 0 saturated carbocycles. The molecule has 0 atom stereocenters. The Hall–Kier alpha value is -1.87. The third-order valence-corrected chi connectivity index (χ3v) is 3.92. The zero-order valence-corrected chi connectivity index (χ0v) is 12.8. The minimum Gasteiger partial charge on any atom is -0.352 e. The lowest BCUT2D eigenvalue weighted by molar-refractivity contribution is 0.590. The normalized spacial score (nSPS) is 15.1.